The predicted octanol–water partition coefficient (Wildman–Crippen LogP) is 3.36. The maximum absolute atomic E-state index is 12.8. The third-order valence-corrected chi connectivity index (χ3v) is 8.45. The van der Waals surface area contributed by atoms with E-state index in [-0.39, 0.29) is 35.5 Å². The highest BCUT2D eigenvalue weighted by molar-refractivity contribution is 5.91. The Morgan fingerprint density at radius 2 is 1.52 bits per heavy atom. The number of benzene rings is 3. The molecule has 0 unspecified atom stereocenters. The van der Waals surface area contributed by atoms with Gasteiger partial charge in [-0.15, -0.1) is 0 Å². The first-order chi connectivity index (χ1) is 23.2. The molecule has 1 aliphatic heterocycles. The summed E-state index contributed by atoms with van der Waals surface area (Å²) in [5, 5.41) is 25.1. The van der Waals surface area contributed by atoms with Crippen LogP contribution >= 0.6 is 0 Å². The Morgan fingerprint density at radius 3 is 2.08 bits per heavy atom. The van der Waals surface area contributed by atoms with Gasteiger partial charge in [-0.05, 0) is 41.0 Å². The maximum Gasteiger partial charge on any atom is 0.280 e. The number of fused-ring (bicyclic) bond motifs is 1. The van der Waals surface area contributed by atoms with E-state index in [0.717, 1.165) is 16.7 Å². The maximum atomic E-state index is 12.8. The number of anilines is 1. The third kappa shape index (κ3) is 6.04. The minimum atomic E-state index is -1.43. The van der Waals surface area contributed by atoms with Crippen LogP contribution in [0.4, 0.5) is 5.95 Å². The van der Waals surface area contributed by atoms with E-state index < -0.39 is 35.7 Å². The molecular formula is C35H37N5O8. The van der Waals surface area contributed by atoms with Crippen molar-refractivity contribution in [1.82, 2.24) is 19.5 Å². The van der Waals surface area contributed by atoms with Gasteiger partial charge < -0.3 is 29.2 Å². The van der Waals surface area contributed by atoms with Crippen LogP contribution in [0.25, 0.3) is 11.2 Å². The van der Waals surface area contributed by atoms with Gasteiger partial charge in [0.25, 0.3) is 5.56 Å². The lowest BCUT2D eigenvalue weighted by atomic mass is 9.80. The number of H-pyrrole nitrogens is 1. The number of aliphatic hydroxyl groups is 2. The first kappa shape index (κ1) is 32.8. The van der Waals surface area contributed by atoms with E-state index in [1.807, 2.05) is 78.9 Å². The van der Waals surface area contributed by atoms with Gasteiger partial charge in [-0.2, -0.15) is 4.98 Å². The van der Waals surface area contributed by atoms with Crippen molar-refractivity contribution < 1.29 is 34.0 Å². The van der Waals surface area contributed by atoms with E-state index in [1.54, 1.807) is 28.1 Å². The molecule has 13 heteroatoms. The van der Waals surface area contributed by atoms with Crippen molar-refractivity contribution in [3.05, 3.63) is 112 Å². The lowest BCUT2D eigenvalue weighted by Crippen LogP contribution is -2.39. The number of amides is 1. The molecule has 2 aromatic heterocycles. The summed E-state index contributed by atoms with van der Waals surface area (Å²) in [4.78, 5) is 36.1. The number of hydrogen-bond donors (Lipinski definition) is 4. The number of rotatable bonds is 11. The molecule has 6 rings (SSSR count). The Labute approximate surface area is 276 Å². The highest BCUT2D eigenvalue weighted by Crippen LogP contribution is 2.43. The number of nitrogens with zero attached hydrogens (tertiary/aromatic N) is 3. The van der Waals surface area contributed by atoms with E-state index >= 15 is 0 Å². The molecule has 0 aliphatic carbocycles. The van der Waals surface area contributed by atoms with Crippen molar-refractivity contribution in [2.75, 3.05) is 26.1 Å². The van der Waals surface area contributed by atoms with Crippen molar-refractivity contribution in [3.63, 3.8) is 0 Å². The SMILES string of the molecule is COc1ccc(C(OC[C@H]2O[C@@H](n3cnc4c(=O)[nH]c(NC(=O)C(C)C)nc43)[C@@H](O)[C@@H]2O)(c2ccccc2)c2ccc(OC)cc2)cc1. The summed E-state index contributed by atoms with van der Waals surface area (Å²) in [6, 6.07) is 24.7. The minimum absolute atomic E-state index is 0.0235. The van der Waals surface area contributed by atoms with Crippen LogP contribution in [0.1, 0.15) is 36.8 Å². The summed E-state index contributed by atoms with van der Waals surface area (Å²) in [5.41, 5.74) is 0.637. The lowest BCUT2D eigenvalue weighted by molar-refractivity contribution is -0.118. The molecule has 3 aromatic carbocycles. The van der Waals surface area contributed by atoms with Gasteiger partial charge in [0.05, 0.1) is 27.2 Å². The summed E-state index contributed by atoms with van der Waals surface area (Å²) in [6.07, 6.45) is -3.69. The van der Waals surface area contributed by atoms with Crippen molar-refractivity contribution in [3.8, 4) is 11.5 Å². The van der Waals surface area contributed by atoms with E-state index in [2.05, 4.69) is 20.3 Å². The number of aromatic nitrogens is 4. The highest BCUT2D eigenvalue weighted by Gasteiger charge is 2.47. The van der Waals surface area contributed by atoms with Gasteiger partial charge >= 0.3 is 0 Å². The number of carbonyl (C=O) groups is 1. The van der Waals surface area contributed by atoms with Crippen LogP contribution in [0.3, 0.4) is 0 Å². The zero-order chi connectivity index (χ0) is 34.0. The summed E-state index contributed by atoms with van der Waals surface area (Å²) in [6.45, 7) is 3.26. The second kappa shape index (κ2) is 13.6. The predicted molar refractivity (Wildman–Crippen MR) is 176 cm³/mol. The summed E-state index contributed by atoms with van der Waals surface area (Å²) in [5.74, 6) is 0.563. The largest absolute Gasteiger partial charge is 0.497 e. The molecule has 3 heterocycles. The zero-order valence-electron chi connectivity index (χ0n) is 26.9. The van der Waals surface area contributed by atoms with Crippen LogP contribution in [-0.2, 0) is 19.9 Å². The fourth-order valence-corrected chi connectivity index (χ4v) is 5.81. The van der Waals surface area contributed by atoms with Gasteiger partial charge in [0, 0.05) is 5.92 Å². The molecule has 250 valence electrons. The Morgan fingerprint density at radius 1 is 0.938 bits per heavy atom. The number of imidazole rings is 1. The van der Waals surface area contributed by atoms with E-state index in [1.165, 1.54) is 10.9 Å². The minimum Gasteiger partial charge on any atom is -0.497 e. The number of ether oxygens (including phenoxy) is 4. The fraction of sp³-hybridized carbons (Fsp3) is 0.314. The molecule has 13 nitrogen and oxygen atoms in total. The van der Waals surface area contributed by atoms with E-state index in [9.17, 15) is 19.8 Å². The van der Waals surface area contributed by atoms with Crippen LogP contribution < -0.4 is 20.3 Å². The molecule has 0 bridgehead atoms. The second-order valence-electron chi connectivity index (χ2n) is 11.7. The van der Waals surface area contributed by atoms with Gasteiger partial charge in [-0.3, -0.25) is 24.5 Å². The average Bonchev–Trinajstić information content (AvgIpc) is 3.66. The molecule has 0 saturated carbocycles. The molecule has 1 amide bonds. The Bertz CT molecular complexity index is 1880. The van der Waals surface area contributed by atoms with Gasteiger partial charge in [-0.25, -0.2) is 4.98 Å². The standard InChI is InChI=1S/C35H37N5O8/c1-20(2)31(43)38-34-37-30-27(32(44)39-34)36-19-40(30)33-29(42)28(41)26(48-33)18-47-35(21-8-6-5-7-9-21,22-10-14-24(45-3)15-11-22)23-12-16-25(46-4)17-13-23/h5-17,19-20,26,28-29,33,41-42H,18H2,1-4H3,(H2,37,38,39,43,44)/t26-,28-,29+,33-/m1/s1. The molecule has 1 fully saturated rings. The van der Waals surface area contributed by atoms with Crippen molar-refractivity contribution in [2.24, 2.45) is 5.92 Å². The van der Waals surface area contributed by atoms with Crippen LogP contribution in [0.5, 0.6) is 11.5 Å². The number of aliphatic hydroxyl groups excluding tert-OH is 2. The molecule has 5 aromatic rings. The normalized spacial score (nSPS) is 19.5. The number of methoxy groups -OCH3 is 2. The number of carbonyl (C=O) groups excluding carboxylic acids is 1. The Kier molecular flexibility index (Phi) is 9.29. The first-order valence-corrected chi connectivity index (χ1v) is 15.4. The average molecular weight is 656 g/mol. The number of nitrogens with one attached hydrogen (secondary N) is 2. The molecule has 1 saturated heterocycles. The van der Waals surface area contributed by atoms with Crippen molar-refractivity contribution in [2.45, 2.75) is 44.0 Å². The molecular weight excluding hydrogens is 618 g/mol. The molecule has 4 atom stereocenters. The van der Waals surface area contributed by atoms with E-state index in [0.29, 0.717) is 11.5 Å². The molecule has 0 spiro atoms. The first-order valence-electron chi connectivity index (χ1n) is 15.4. The van der Waals surface area contributed by atoms with Crippen molar-refractivity contribution in [1.29, 1.82) is 0 Å². The third-order valence-electron chi connectivity index (χ3n) is 8.45. The van der Waals surface area contributed by atoms with Gasteiger partial charge in [-0.1, -0.05) is 68.4 Å². The van der Waals surface area contributed by atoms with Crippen molar-refractivity contribution >= 4 is 23.0 Å². The zero-order valence-corrected chi connectivity index (χ0v) is 26.9. The topological polar surface area (TPSA) is 170 Å². The molecule has 4 N–H and O–H groups in total. The van der Waals surface area contributed by atoms with Gasteiger partial charge in [0.2, 0.25) is 11.9 Å². The van der Waals surface area contributed by atoms with E-state index in [4.69, 9.17) is 18.9 Å². The van der Waals surface area contributed by atoms with Crippen LogP contribution in [0, 0.1) is 5.92 Å². The highest BCUT2D eigenvalue weighted by atomic mass is 16.6. The smallest absolute Gasteiger partial charge is 0.280 e. The fourth-order valence-electron chi connectivity index (χ4n) is 5.81. The second-order valence-corrected chi connectivity index (χ2v) is 11.7. The Hall–Kier alpha value is -5.08. The lowest BCUT2D eigenvalue weighted by Gasteiger charge is -2.37. The van der Waals surface area contributed by atoms with Crippen LogP contribution in [0.15, 0.2) is 90.0 Å². The molecule has 0 radical (unpaired) electrons. The van der Waals surface area contributed by atoms with Gasteiger partial charge in [0.1, 0.15) is 35.4 Å². The Balaban J connectivity index is 1.36. The molecule has 1 aliphatic rings. The summed E-state index contributed by atoms with van der Waals surface area (Å²) in [7, 11) is 3.19. The summed E-state index contributed by atoms with van der Waals surface area (Å²) >= 11 is 0. The van der Waals surface area contributed by atoms with Crippen LogP contribution in [0.2, 0.25) is 0 Å². The number of aromatic amines is 1. The van der Waals surface area contributed by atoms with Gasteiger partial charge in [0.15, 0.2) is 17.4 Å². The monoisotopic (exact) mass is 655 g/mol. The molecule has 48 heavy (non-hydrogen) atoms. The summed E-state index contributed by atoms with van der Waals surface area (Å²) < 4.78 is 25.3. The quantitative estimate of drug-likeness (QED) is 0.155. The van der Waals surface area contributed by atoms with Crippen LogP contribution in [-0.4, -0.2) is 74.8 Å². The number of hydrogen-bond acceptors (Lipinski definition) is 10.